The van der Waals surface area contributed by atoms with Crippen LogP contribution in [0.3, 0.4) is 0 Å². The number of para-hydroxylation sites is 1. The van der Waals surface area contributed by atoms with Crippen molar-refractivity contribution in [1.82, 2.24) is 9.55 Å². The van der Waals surface area contributed by atoms with Crippen LogP contribution < -0.4 is 0 Å². The predicted octanol–water partition coefficient (Wildman–Crippen LogP) is 4.59. The van der Waals surface area contributed by atoms with E-state index in [0.29, 0.717) is 16.3 Å². The molecule has 1 aromatic carbocycles. The van der Waals surface area contributed by atoms with E-state index in [1.807, 2.05) is 6.07 Å². The van der Waals surface area contributed by atoms with E-state index in [9.17, 15) is 4.39 Å². The first-order valence-corrected chi connectivity index (χ1v) is 6.80. The summed E-state index contributed by atoms with van der Waals surface area (Å²) < 4.78 is 16.5. The molecular formula is C14H17FN2S. The first-order valence-electron chi connectivity index (χ1n) is 6.39. The third kappa shape index (κ3) is 1.62. The van der Waals surface area contributed by atoms with E-state index < -0.39 is 0 Å². The molecule has 1 atom stereocenters. The highest BCUT2D eigenvalue weighted by Gasteiger charge is 2.36. The number of fused-ring (bicyclic) bond motifs is 1. The molecule has 1 N–H and O–H groups in total. The number of hydrogen-bond donors (Lipinski definition) is 1. The maximum atomic E-state index is 13.8. The van der Waals surface area contributed by atoms with Crippen molar-refractivity contribution in [2.75, 3.05) is 0 Å². The lowest BCUT2D eigenvalue weighted by molar-refractivity contribution is 0.264. The van der Waals surface area contributed by atoms with Gasteiger partial charge in [0.25, 0.3) is 0 Å². The van der Waals surface area contributed by atoms with Gasteiger partial charge < -0.3 is 9.55 Å². The smallest absolute Gasteiger partial charge is 0.178 e. The number of aromatic nitrogens is 2. The molecule has 1 fully saturated rings. The molecule has 1 aromatic heterocycles. The molecule has 0 saturated heterocycles. The Morgan fingerprint density at radius 3 is 2.89 bits per heavy atom. The molecule has 0 spiro atoms. The zero-order chi connectivity index (χ0) is 12.9. The second-order valence-corrected chi connectivity index (χ2v) is 6.22. The molecule has 2 aromatic rings. The predicted molar refractivity (Wildman–Crippen MR) is 73.7 cm³/mol. The van der Waals surface area contributed by atoms with Gasteiger partial charge in [0.2, 0.25) is 0 Å². The molecule has 96 valence electrons. The van der Waals surface area contributed by atoms with Gasteiger partial charge in [0.05, 0.1) is 5.52 Å². The Bertz CT molecular complexity index is 653. The van der Waals surface area contributed by atoms with E-state index in [4.69, 9.17) is 12.2 Å². The van der Waals surface area contributed by atoms with Gasteiger partial charge in [-0.05, 0) is 42.6 Å². The van der Waals surface area contributed by atoms with E-state index in [1.54, 1.807) is 6.07 Å². The Morgan fingerprint density at radius 1 is 1.44 bits per heavy atom. The Hall–Kier alpha value is -1.16. The number of aromatic amines is 1. The number of imidazole rings is 1. The molecule has 1 aliphatic rings. The summed E-state index contributed by atoms with van der Waals surface area (Å²) in [5.74, 6) is -0.229. The van der Waals surface area contributed by atoms with Crippen LogP contribution in [-0.2, 0) is 0 Å². The highest BCUT2D eigenvalue weighted by atomic mass is 32.1. The van der Waals surface area contributed by atoms with Crippen molar-refractivity contribution in [2.24, 2.45) is 5.41 Å². The minimum atomic E-state index is -0.229. The van der Waals surface area contributed by atoms with Crippen LogP contribution in [0.15, 0.2) is 18.2 Å². The van der Waals surface area contributed by atoms with Crippen LogP contribution in [0.25, 0.3) is 11.0 Å². The largest absolute Gasteiger partial charge is 0.328 e. The Morgan fingerprint density at radius 2 is 2.22 bits per heavy atom. The van der Waals surface area contributed by atoms with E-state index >= 15 is 0 Å². The quantitative estimate of drug-likeness (QED) is 0.747. The van der Waals surface area contributed by atoms with Gasteiger partial charge in [0.1, 0.15) is 11.3 Å². The summed E-state index contributed by atoms with van der Waals surface area (Å²) in [7, 11) is 0. The summed E-state index contributed by atoms with van der Waals surface area (Å²) in [5.41, 5.74) is 1.64. The Balaban J connectivity index is 2.27. The van der Waals surface area contributed by atoms with Crippen LogP contribution in [-0.4, -0.2) is 9.55 Å². The normalized spacial score (nSPS) is 22.7. The molecular weight excluding hydrogens is 247 g/mol. The lowest BCUT2D eigenvalue weighted by Gasteiger charge is -2.28. The molecule has 1 heterocycles. The number of nitrogens with zero attached hydrogens (tertiary/aromatic N) is 1. The first kappa shape index (κ1) is 11.9. The van der Waals surface area contributed by atoms with Crippen LogP contribution in [0.5, 0.6) is 0 Å². The minimum Gasteiger partial charge on any atom is -0.328 e. The van der Waals surface area contributed by atoms with Gasteiger partial charge in [-0.15, -0.1) is 0 Å². The molecule has 0 amide bonds. The van der Waals surface area contributed by atoms with Gasteiger partial charge >= 0.3 is 0 Å². The summed E-state index contributed by atoms with van der Waals surface area (Å²) in [6, 6.07) is 5.52. The van der Waals surface area contributed by atoms with Gasteiger partial charge in [-0.25, -0.2) is 4.39 Å². The summed E-state index contributed by atoms with van der Waals surface area (Å²) >= 11 is 5.39. The lowest BCUT2D eigenvalue weighted by Crippen LogP contribution is -2.21. The SMILES string of the molecule is CC1(C)CCCC1n1c(=S)[nH]c2c(F)cccc21. The van der Waals surface area contributed by atoms with Gasteiger partial charge in [-0.1, -0.05) is 26.3 Å². The fourth-order valence-electron chi connectivity index (χ4n) is 3.21. The van der Waals surface area contributed by atoms with E-state index in [-0.39, 0.29) is 11.2 Å². The van der Waals surface area contributed by atoms with Gasteiger partial charge in [0, 0.05) is 6.04 Å². The number of H-pyrrole nitrogens is 1. The Kier molecular flexibility index (Phi) is 2.59. The van der Waals surface area contributed by atoms with E-state index in [2.05, 4.69) is 23.4 Å². The van der Waals surface area contributed by atoms with E-state index in [0.717, 1.165) is 11.9 Å². The van der Waals surface area contributed by atoms with Crippen molar-refractivity contribution in [2.45, 2.75) is 39.2 Å². The second-order valence-electron chi connectivity index (χ2n) is 5.83. The van der Waals surface area contributed by atoms with Crippen LogP contribution in [0, 0.1) is 16.0 Å². The minimum absolute atomic E-state index is 0.222. The molecule has 18 heavy (non-hydrogen) atoms. The molecule has 0 radical (unpaired) electrons. The molecule has 0 aliphatic heterocycles. The summed E-state index contributed by atoms with van der Waals surface area (Å²) in [4.78, 5) is 3.01. The number of halogens is 1. The maximum absolute atomic E-state index is 13.8. The number of benzene rings is 1. The average Bonchev–Trinajstić information content (AvgIpc) is 2.79. The molecule has 1 unspecified atom stereocenters. The highest BCUT2D eigenvalue weighted by molar-refractivity contribution is 7.71. The standard InChI is InChI=1S/C14H17FN2S/c1-14(2)8-4-7-11(14)17-10-6-3-5-9(15)12(10)16-13(17)18/h3,5-6,11H,4,7-8H2,1-2H3,(H,16,18). The fourth-order valence-corrected chi connectivity index (χ4v) is 3.54. The summed E-state index contributed by atoms with van der Waals surface area (Å²) in [6.45, 7) is 4.54. The molecule has 1 saturated carbocycles. The number of hydrogen-bond acceptors (Lipinski definition) is 1. The Labute approximate surface area is 111 Å². The van der Waals surface area contributed by atoms with Crippen molar-refractivity contribution in [3.8, 4) is 0 Å². The molecule has 0 bridgehead atoms. The lowest BCUT2D eigenvalue weighted by atomic mass is 9.87. The molecule has 4 heteroatoms. The zero-order valence-electron chi connectivity index (χ0n) is 10.7. The molecule has 1 aliphatic carbocycles. The van der Waals surface area contributed by atoms with Crippen molar-refractivity contribution in [1.29, 1.82) is 0 Å². The van der Waals surface area contributed by atoms with Crippen molar-refractivity contribution in [3.05, 3.63) is 28.8 Å². The second kappa shape index (κ2) is 3.92. The van der Waals surface area contributed by atoms with Crippen molar-refractivity contribution >= 4 is 23.3 Å². The third-order valence-electron chi connectivity index (χ3n) is 4.21. The maximum Gasteiger partial charge on any atom is 0.178 e. The fraction of sp³-hybridized carbons (Fsp3) is 0.500. The molecule has 3 rings (SSSR count). The van der Waals surface area contributed by atoms with Gasteiger partial charge in [-0.3, -0.25) is 0 Å². The van der Waals surface area contributed by atoms with E-state index in [1.165, 1.54) is 18.9 Å². The van der Waals surface area contributed by atoms with Crippen molar-refractivity contribution in [3.63, 3.8) is 0 Å². The highest BCUT2D eigenvalue weighted by Crippen LogP contribution is 2.47. The molecule has 2 nitrogen and oxygen atoms in total. The van der Waals surface area contributed by atoms with Crippen LogP contribution in [0.2, 0.25) is 0 Å². The van der Waals surface area contributed by atoms with Gasteiger partial charge in [0.15, 0.2) is 4.77 Å². The first-order chi connectivity index (χ1) is 8.50. The monoisotopic (exact) mass is 264 g/mol. The number of nitrogens with one attached hydrogen (secondary N) is 1. The third-order valence-corrected chi connectivity index (χ3v) is 4.51. The van der Waals surface area contributed by atoms with Crippen LogP contribution in [0.4, 0.5) is 4.39 Å². The topological polar surface area (TPSA) is 20.7 Å². The number of rotatable bonds is 1. The summed E-state index contributed by atoms with van der Waals surface area (Å²) in [6.07, 6.45) is 3.52. The van der Waals surface area contributed by atoms with Crippen LogP contribution in [0.1, 0.15) is 39.2 Å². The van der Waals surface area contributed by atoms with Gasteiger partial charge in [-0.2, -0.15) is 0 Å². The summed E-state index contributed by atoms with van der Waals surface area (Å²) in [5, 5.41) is 0. The average molecular weight is 264 g/mol. The van der Waals surface area contributed by atoms with Crippen LogP contribution >= 0.6 is 12.2 Å². The zero-order valence-corrected chi connectivity index (χ0v) is 11.5. The van der Waals surface area contributed by atoms with Crippen molar-refractivity contribution < 1.29 is 4.39 Å².